The highest BCUT2D eigenvalue weighted by Crippen LogP contribution is 2.29. The molecule has 0 saturated carbocycles. The Morgan fingerprint density at radius 3 is 2.61 bits per heavy atom. The molecule has 1 aromatic heterocycles. The van der Waals surface area contributed by atoms with E-state index < -0.39 is 16.4 Å². The van der Waals surface area contributed by atoms with Crippen molar-refractivity contribution >= 4 is 11.4 Å². The number of halogens is 1. The van der Waals surface area contributed by atoms with Gasteiger partial charge in [0.15, 0.2) is 0 Å². The second-order valence-corrected chi connectivity index (χ2v) is 5.03. The number of anilines is 1. The monoisotopic (exact) mass is 321 g/mol. The summed E-state index contributed by atoms with van der Waals surface area (Å²) in [5.41, 5.74) is -0.371. The Bertz CT molecular complexity index is 642. The second kappa shape index (κ2) is 7.73. The van der Waals surface area contributed by atoms with Gasteiger partial charge in [-0.25, -0.2) is 0 Å². The fraction of sp³-hybridized carbons (Fsp3) is 0.375. The molecule has 1 aromatic carbocycles. The van der Waals surface area contributed by atoms with Crippen LogP contribution in [-0.2, 0) is 0 Å². The summed E-state index contributed by atoms with van der Waals surface area (Å²) in [4.78, 5) is 12.5. The third-order valence-corrected chi connectivity index (χ3v) is 3.78. The summed E-state index contributed by atoms with van der Waals surface area (Å²) < 4.78 is 19.2. The highest BCUT2D eigenvalue weighted by molar-refractivity contribution is 5.62. The molecular weight excluding hydrogens is 301 g/mol. The minimum atomic E-state index is -0.850. The maximum Gasteiger partial charge on any atom is 0.327 e. The van der Waals surface area contributed by atoms with Crippen molar-refractivity contribution in [1.82, 2.24) is 4.90 Å². The zero-order chi connectivity index (χ0) is 16.8. The number of nitro benzene ring substituents is 1. The quantitative estimate of drug-likeness (QED) is 0.591. The van der Waals surface area contributed by atoms with Gasteiger partial charge < -0.3 is 9.73 Å². The first kappa shape index (κ1) is 17.0. The molecule has 1 atom stereocenters. The van der Waals surface area contributed by atoms with Crippen LogP contribution >= 0.6 is 0 Å². The molecule has 23 heavy (non-hydrogen) atoms. The van der Waals surface area contributed by atoms with Crippen LogP contribution in [0.3, 0.4) is 0 Å². The lowest BCUT2D eigenvalue weighted by Crippen LogP contribution is -2.33. The molecule has 0 radical (unpaired) electrons. The maximum absolute atomic E-state index is 13.7. The molecule has 0 fully saturated rings. The van der Waals surface area contributed by atoms with E-state index in [2.05, 4.69) is 10.2 Å². The first-order valence-corrected chi connectivity index (χ1v) is 7.52. The van der Waals surface area contributed by atoms with Gasteiger partial charge in [0.1, 0.15) is 11.4 Å². The molecule has 0 aliphatic carbocycles. The summed E-state index contributed by atoms with van der Waals surface area (Å²) in [7, 11) is 0. The second-order valence-electron chi connectivity index (χ2n) is 5.03. The van der Waals surface area contributed by atoms with Gasteiger partial charge in [-0.05, 0) is 37.4 Å². The van der Waals surface area contributed by atoms with Crippen LogP contribution in [0.1, 0.15) is 25.6 Å². The first-order valence-electron chi connectivity index (χ1n) is 7.52. The molecule has 0 aliphatic heterocycles. The number of rotatable bonds is 8. The minimum absolute atomic E-state index is 0.0946. The number of benzene rings is 1. The zero-order valence-electron chi connectivity index (χ0n) is 13.2. The van der Waals surface area contributed by atoms with E-state index in [1.807, 2.05) is 19.9 Å². The molecule has 0 bridgehead atoms. The van der Waals surface area contributed by atoms with Gasteiger partial charge in [-0.3, -0.25) is 15.0 Å². The highest BCUT2D eigenvalue weighted by Gasteiger charge is 2.24. The summed E-state index contributed by atoms with van der Waals surface area (Å²) in [6.45, 7) is 6.04. The molecule has 0 amide bonds. The van der Waals surface area contributed by atoms with E-state index in [1.54, 1.807) is 12.3 Å². The predicted molar refractivity (Wildman–Crippen MR) is 85.9 cm³/mol. The third kappa shape index (κ3) is 3.87. The molecule has 1 N–H and O–H groups in total. The maximum atomic E-state index is 13.7. The average Bonchev–Trinajstić information content (AvgIpc) is 3.05. The molecule has 1 heterocycles. The molecule has 7 heteroatoms. The van der Waals surface area contributed by atoms with Crippen molar-refractivity contribution in [3.63, 3.8) is 0 Å². The van der Waals surface area contributed by atoms with Crippen molar-refractivity contribution < 1.29 is 13.7 Å². The largest absolute Gasteiger partial charge is 0.468 e. The normalized spacial score (nSPS) is 12.3. The lowest BCUT2D eigenvalue weighted by atomic mass is 10.1. The summed E-state index contributed by atoms with van der Waals surface area (Å²) in [5, 5.41) is 14.0. The first-order chi connectivity index (χ1) is 11.1. The molecule has 0 aliphatic rings. The van der Waals surface area contributed by atoms with Crippen LogP contribution in [0.2, 0.25) is 0 Å². The van der Waals surface area contributed by atoms with E-state index in [1.165, 1.54) is 12.1 Å². The van der Waals surface area contributed by atoms with Crippen LogP contribution < -0.4 is 5.32 Å². The zero-order valence-corrected chi connectivity index (χ0v) is 13.2. The summed E-state index contributed by atoms with van der Waals surface area (Å²) in [5.74, 6) is -0.0855. The van der Waals surface area contributed by atoms with Crippen molar-refractivity contribution in [2.24, 2.45) is 0 Å². The molecule has 6 nitrogen and oxygen atoms in total. The van der Waals surface area contributed by atoms with Crippen molar-refractivity contribution in [3.05, 3.63) is 58.3 Å². The number of hydrogen-bond acceptors (Lipinski definition) is 5. The number of nitrogens with one attached hydrogen (secondary N) is 1. The number of nitro groups is 1. The number of nitrogens with zero attached hydrogens (tertiary/aromatic N) is 2. The van der Waals surface area contributed by atoms with Crippen LogP contribution in [0.15, 0.2) is 41.0 Å². The third-order valence-electron chi connectivity index (χ3n) is 3.78. The lowest BCUT2D eigenvalue weighted by molar-refractivity contribution is -0.386. The Hall–Kier alpha value is -2.41. The van der Waals surface area contributed by atoms with E-state index in [4.69, 9.17) is 4.42 Å². The van der Waals surface area contributed by atoms with E-state index in [9.17, 15) is 14.5 Å². The summed E-state index contributed by atoms with van der Waals surface area (Å²) in [6, 6.07) is 7.61. The lowest BCUT2D eigenvalue weighted by Gasteiger charge is -2.28. The van der Waals surface area contributed by atoms with Gasteiger partial charge >= 0.3 is 5.69 Å². The standard InChI is InChI=1S/C16H20FN3O3/c1-3-19(4-2)14(15-9-6-10-23-15)11-18-13-8-5-7-12(17)16(13)20(21)22/h5-10,14,18H,3-4,11H2,1-2H3. The van der Waals surface area contributed by atoms with Crippen molar-refractivity contribution in [3.8, 4) is 0 Å². The molecule has 0 saturated heterocycles. The number of hydrogen-bond donors (Lipinski definition) is 1. The Morgan fingerprint density at radius 2 is 2.04 bits per heavy atom. The van der Waals surface area contributed by atoms with E-state index in [-0.39, 0.29) is 11.7 Å². The molecule has 2 aromatic rings. The number of para-hydroxylation sites is 1. The van der Waals surface area contributed by atoms with Crippen molar-refractivity contribution in [2.75, 3.05) is 25.0 Å². The summed E-state index contributed by atoms with van der Waals surface area (Å²) in [6.07, 6.45) is 1.59. The van der Waals surface area contributed by atoms with E-state index in [0.29, 0.717) is 6.54 Å². The Morgan fingerprint density at radius 1 is 1.30 bits per heavy atom. The van der Waals surface area contributed by atoms with E-state index in [0.717, 1.165) is 24.9 Å². The Balaban J connectivity index is 2.22. The fourth-order valence-corrected chi connectivity index (χ4v) is 2.61. The van der Waals surface area contributed by atoms with Crippen LogP contribution in [0.4, 0.5) is 15.8 Å². The van der Waals surface area contributed by atoms with Crippen LogP contribution in [0, 0.1) is 15.9 Å². The van der Waals surface area contributed by atoms with Gasteiger partial charge in [0.05, 0.1) is 17.2 Å². The smallest absolute Gasteiger partial charge is 0.327 e. The van der Waals surface area contributed by atoms with Gasteiger partial charge in [0.25, 0.3) is 0 Å². The van der Waals surface area contributed by atoms with Crippen LogP contribution in [0.25, 0.3) is 0 Å². The fourth-order valence-electron chi connectivity index (χ4n) is 2.61. The summed E-state index contributed by atoms with van der Waals surface area (Å²) >= 11 is 0. The van der Waals surface area contributed by atoms with Crippen molar-refractivity contribution in [2.45, 2.75) is 19.9 Å². The molecule has 124 valence electrons. The van der Waals surface area contributed by atoms with Crippen molar-refractivity contribution in [1.29, 1.82) is 0 Å². The van der Waals surface area contributed by atoms with Gasteiger partial charge in [-0.15, -0.1) is 0 Å². The average molecular weight is 321 g/mol. The molecular formula is C16H20FN3O3. The highest BCUT2D eigenvalue weighted by atomic mass is 19.1. The minimum Gasteiger partial charge on any atom is -0.468 e. The number of likely N-dealkylation sites (N-methyl/N-ethyl adjacent to an activating group) is 1. The predicted octanol–water partition coefficient (Wildman–Crippen LogP) is 3.82. The Kier molecular flexibility index (Phi) is 5.70. The topological polar surface area (TPSA) is 71.5 Å². The van der Waals surface area contributed by atoms with Crippen LogP contribution in [0.5, 0.6) is 0 Å². The molecule has 2 rings (SSSR count). The van der Waals surface area contributed by atoms with Gasteiger partial charge in [-0.2, -0.15) is 4.39 Å². The Labute approximate surface area is 134 Å². The van der Waals surface area contributed by atoms with Crippen LogP contribution in [-0.4, -0.2) is 29.5 Å². The van der Waals surface area contributed by atoms with E-state index >= 15 is 0 Å². The van der Waals surface area contributed by atoms with Gasteiger partial charge in [-0.1, -0.05) is 19.9 Å². The van der Waals surface area contributed by atoms with Gasteiger partial charge in [0, 0.05) is 6.54 Å². The van der Waals surface area contributed by atoms with Gasteiger partial charge in [0.2, 0.25) is 5.82 Å². The molecule has 1 unspecified atom stereocenters. The SMILES string of the molecule is CCN(CC)C(CNc1cccc(F)c1[N+](=O)[O-])c1ccco1. The number of furan rings is 1. The molecule has 0 spiro atoms.